The Morgan fingerprint density at radius 3 is 2.11 bits per heavy atom. The lowest BCUT2D eigenvalue weighted by atomic mass is 9.99. The molecule has 1 saturated heterocycles. The van der Waals surface area contributed by atoms with E-state index in [-0.39, 0.29) is 35.2 Å². The fourth-order valence-corrected chi connectivity index (χ4v) is 6.19. The number of rotatable bonds is 5. The Hall–Kier alpha value is -4.65. The number of amides is 2. The number of hydrogen-bond acceptors (Lipinski definition) is 5. The maximum Gasteiger partial charge on any atom is 0.416 e. The number of piperazine rings is 1. The number of anilines is 1. The van der Waals surface area contributed by atoms with E-state index in [1.807, 2.05) is 18.7 Å². The van der Waals surface area contributed by atoms with Gasteiger partial charge in [0.25, 0.3) is 11.8 Å². The number of fused-ring (bicyclic) bond motifs is 1. The first-order valence-corrected chi connectivity index (χ1v) is 14.3. The first-order chi connectivity index (χ1) is 21.2. The highest BCUT2D eigenvalue weighted by Gasteiger charge is 2.43. The van der Waals surface area contributed by atoms with Gasteiger partial charge >= 0.3 is 6.18 Å². The van der Waals surface area contributed by atoms with Crippen molar-refractivity contribution in [1.29, 1.82) is 0 Å². The average Bonchev–Trinajstić information content (AvgIpc) is 3.57. The number of alkyl halides is 5. The van der Waals surface area contributed by atoms with E-state index in [0.717, 1.165) is 19.1 Å². The number of hydrogen-bond donors (Lipinski definition) is 1. The zero-order valence-corrected chi connectivity index (χ0v) is 24.5. The maximum absolute atomic E-state index is 14.0. The lowest BCUT2D eigenvalue weighted by Gasteiger charge is -2.45. The number of nitrogens with zero attached hydrogens (tertiary/aromatic N) is 5. The predicted molar refractivity (Wildman–Crippen MR) is 156 cm³/mol. The minimum atomic E-state index is -4.50. The maximum atomic E-state index is 14.0. The van der Waals surface area contributed by atoms with Crippen LogP contribution in [0.4, 0.5) is 27.6 Å². The minimum Gasteiger partial charge on any atom is -0.329 e. The molecule has 2 aromatic heterocycles. The van der Waals surface area contributed by atoms with Crippen LogP contribution in [0.2, 0.25) is 0 Å². The van der Waals surface area contributed by atoms with Crippen LogP contribution in [-0.2, 0) is 16.9 Å². The van der Waals surface area contributed by atoms with E-state index in [0.29, 0.717) is 41.3 Å². The monoisotopic (exact) mass is 624 g/mol. The topological polar surface area (TPSA) is 83.4 Å². The summed E-state index contributed by atoms with van der Waals surface area (Å²) in [5.74, 6) is -3.75. The van der Waals surface area contributed by atoms with Crippen molar-refractivity contribution in [2.75, 3.05) is 18.4 Å². The first-order valence-electron chi connectivity index (χ1n) is 14.3. The van der Waals surface area contributed by atoms with Crippen molar-refractivity contribution in [2.24, 2.45) is 0 Å². The zero-order valence-electron chi connectivity index (χ0n) is 24.5. The normalized spacial score (nSPS) is 20.7. The number of benzene rings is 2. The summed E-state index contributed by atoms with van der Waals surface area (Å²) in [6.07, 6.45) is -1.37. The van der Waals surface area contributed by atoms with Crippen molar-refractivity contribution in [1.82, 2.24) is 24.6 Å². The van der Waals surface area contributed by atoms with Crippen molar-refractivity contribution in [3.05, 3.63) is 95.4 Å². The molecule has 0 bridgehead atoms. The summed E-state index contributed by atoms with van der Waals surface area (Å²) in [6.45, 7) is 5.17. The lowest BCUT2D eigenvalue weighted by Crippen LogP contribution is -2.59. The number of pyridine rings is 1. The number of nitrogens with one attached hydrogen (secondary N) is 1. The van der Waals surface area contributed by atoms with Gasteiger partial charge in [-0.1, -0.05) is 12.1 Å². The lowest BCUT2D eigenvalue weighted by molar-refractivity contribution is -0.137. The molecule has 2 aliphatic rings. The van der Waals surface area contributed by atoms with Crippen molar-refractivity contribution in [2.45, 2.75) is 51.0 Å². The zero-order chi connectivity index (χ0) is 32.3. The third-order valence-corrected chi connectivity index (χ3v) is 8.25. The Balaban J connectivity index is 1.28. The SMILES string of the molecule is CC1CN(C2C(=O)Nc3cc(C(C)(F)F)ccc32)C[C@@H](C)N1C(=O)c1cc(-c2ccncc2)n(-c2ccc(C(F)(F)F)cc2)n1. The summed E-state index contributed by atoms with van der Waals surface area (Å²) < 4.78 is 68.8. The number of halogens is 5. The van der Waals surface area contributed by atoms with Gasteiger partial charge < -0.3 is 10.2 Å². The van der Waals surface area contributed by atoms with E-state index >= 15 is 0 Å². The Morgan fingerprint density at radius 2 is 1.51 bits per heavy atom. The summed E-state index contributed by atoms with van der Waals surface area (Å²) in [5.41, 5.74) is 1.56. The molecule has 2 aliphatic heterocycles. The third kappa shape index (κ3) is 5.68. The van der Waals surface area contributed by atoms with Crippen molar-refractivity contribution in [3.63, 3.8) is 0 Å². The first kappa shape index (κ1) is 30.4. The standard InChI is InChI=1S/C32H29F5N6O2/c1-18-16-41(28-24-9-6-22(31(3,33)34)14-25(24)39-29(28)44)17-19(2)42(18)30(45)26-15-27(20-10-12-38-13-11-20)43(40-26)23-7-4-21(5-8-23)32(35,36)37/h4-15,18-19,28H,16-17H2,1-3H3,(H,39,44)/t18-,19?,28?/m1/s1. The Morgan fingerprint density at radius 1 is 0.889 bits per heavy atom. The van der Waals surface area contributed by atoms with Crippen LogP contribution in [0.1, 0.15) is 54.0 Å². The molecule has 0 saturated carbocycles. The van der Waals surface area contributed by atoms with Gasteiger partial charge in [0.15, 0.2) is 5.69 Å². The summed E-state index contributed by atoms with van der Waals surface area (Å²) in [5, 5.41) is 7.27. The van der Waals surface area contributed by atoms with Gasteiger partial charge in [0.1, 0.15) is 6.04 Å². The van der Waals surface area contributed by atoms with Crippen LogP contribution in [0.25, 0.3) is 16.9 Å². The van der Waals surface area contributed by atoms with Crippen molar-refractivity contribution in [3.8, 4) is 16.9 Å². The highest BCUT2D eigenvalue weighted by molar-refractivity contribution is 6.02. The smallest absolute Gasteiger partial charge is 0.329 e. The van der Waals surface area contributed by atoms with E-state index in [2.05, 4.69) is 15.4 Å². The van der Waals surface area contributed by atoms with Crippen LogP contribution < -0.4 is 5.32 Å². The van der Waals surface area contributed by atoms with E-state index in [4.69, 9.17) is 0 Å². The molecule has 0 radical (unpaired) electrons. The van der Waals surface area contributed by atoms with Crippen molar-refractivity contribution < 1.29 is 31.5 Å². The van der Waals surface area contributed by atoms with Gasteiger partial charge in [-0.05, 0) is 62.4 Å². The molecule has 0 aliphatic carbocycles. The predicted octanol–water partition coefficient (Wildman–Crippen LogP) is 6.29. The summed E-state index contributed by atoms with van der Waals surface area (Å²) >= 11 is 0. The Kier molecular flexibility index (Phi) is 7.46. The van der Waals surface area contributed by atoms with E-state index in [1.165, 1.54) is 28.9 Å². The quantitative estimate of drug-likeness (QED) is 0.264. The molecule has 13 heteroatoms. The molecule has 2 aromatic carbocycles. The summed E-state index contributed by atoms with van der Waals surface area (Å²) in [7, 11) is 0. The molecule has 4 heterocycles. The Labute approximate surface area is 255 Å². The molecule has 1 fully saturated rings. The molecule has 2 unspecified atom stereocenters. The van der Waals surface area contributed by atoms with Gasteiger partial charge in [0, 0.05) is 66.9 Å². The van der Waals surface area contributed by atoms with E-state index in [9.17, 15) is 31.5 Å². The summed E-state index contributed by atoms with van der Waals surface area (Å²) in [4.78, 5) is 34.6. The molecule has 6 rings (SSSR count). The van der Waals surface area contributed by atoms with Crippen LogP contribution in [0.15, 0.2) is 73.1 Å². The highest BCUT2D eigenvalue weighted by atomic mass is 19.4. The molecule has 3 atom stereocenters. The highest BCUT2D eigenvalue weighted by Crippen LogP contribution is 2.40. The van der Waals surface area contributed by atoms with Gasteiger partial charge in [-0.15, -0.1) is 0 Å². The fraction of sp³-hybridized carbons (Fsp3) is 0.312. The van der Waals surface area contributed by atoms with Gasteiger partial charge in [-0.3, -0.25) is 19.5 Å². The number of aromatic nitrogens is 3. The Bertz CT molecular complexity index is 1740. The molecule has 45 heavy (non-hydrogen) atoms. The second kappa shape index (κ2) is 11.1. The van der Waals surface area contributed by atoms with Crippen LogP contribution in [-0.4, -0.2) is 61.6 Å². The van der Waals surface area contributed by atoms with Crippen LogP contribution in [0.3, 0.4) is 0 Å². The second-order valence-corrected chi connectivity index (χ2v) is 11.6. The van der Waals surface area contributed by atoms with Gasteiger partial charge in [0.2, 0.25) is 5.91 Å². The van der Waals surface area contributed by atoms with E-state index in [1.54, 1.807) is 41.6 Å². The van der Waals surface area contributed by atoms with Crippen LogP contribution in [0, 0.1) is 0 Å². The summed E-state index contributed by atoms with van der Waals surface area (Å²) in [6, 6.07) is 12.3. The fourth-order valence-electron chi connectivity index (χ4n) is 6.19. The minimum absolute atomic E-state index is 0.103. The molecule has 4 aromatic rings. The number of carbonyl (C=O) groups excluding carboxylic acids is 2. The van der Waals surface area contributed by atoms with Crippen molar-refractivity contribution >= 4 is 17.5 Å². The molecular weight excluding hydrogens is 595 g/mol. The molecule has 234 valence electrons. The second-order valence-electron chi connectivity index (χ2n) is 11.6. The average molecular weight is 625 g/mol. The molecule has 0 spiro atoms. The molecule has 1 N–H and O–H groups in total. The van der Waals surface area contributed by atoms with Gasteiger partial charge in [0.05, 0.1) is 16.9 Å². The van der Waals surface area contributed by atoms with Crippen LogP contribution in [0.5, 0.6) is 0 Å². The number of carbonyl (C=O) groups is 2. The molecule has 2 amide bonds. The van der Waals surface area contributed by atoms with Crippen LogP contribution >= 0.6 is 0 Å². The molecule has 8 nitrogen and oxygen atoms in total. The van der Waals surface area contributed by atoms with E-state index < -0.39 is 23.7 Å². The largest absolute Gasteiger partial charge is 0.416 e. The molecular formula is C32H29F5N6O2. The van der Waals surface area contributed by atoms with Gasteiger partial charge in [-0.25, -0.2) is 13.5 Å². The van der Waals surface area contributed by atoms with Gasteiger partial charge in [-0.2, -0.15) is 18.3 Å². The third-order valence-electron chi connectivity index (χ3n) is 8.25.